The maximum atomic E-state index is 6.06. The SMILES string of the molecule is Cc1ccc(C)c(COc2ccc(N)cc2Cl)c1. The van der Waals surface area contributed by atoms with Gasteiger partial charge in [-0.05, 0) is 43.2 Å². The molecule has 2 nitrogen and oxygen atoms in total. The Bertz CT molecular complexity index is 566. The van der Waals surface area contributed by atoms with Gasteiger partial charge in [0.05, 0.1) is 5.02 Å². The van der Waals surface area contributed by atoms with E-state index in [2.05, 4.69) is 32.0 Å². The van der Waals surface area contributed by atoms with Crippen LogP contribution in [-0.4, -0.2) is 0 Å². The highest BCUT2D eigenvalue weighted by Crippen LogP contribution is 2.27. The molecule has 0 saturated carbocycles. The van der Waals surface area contributed by atoms with Gasteiger partial charge in [0.1, 0.15) is 12.4 Å². The van der Waals surface area contributed by atoms with Crippen molar-refractivity contribution in [3.8, 4) is 5.75 Å². The lowest BCUT2D eigenvalue weighted by molar-refractivity contribution is 0.305. The van der Waals surface area contributed by atoms with Crippen molar-refractivity contribution < 1.29 is 4.74 Å². The molecule has 18 heavy (non-hydrogen) atoms. The lowest BCUT2D eigenvalue weighted by atomic mass is 10.1. The first-order valence-corrected chi connectivity index (χ1v) is 6.18. The van der Waals surface area contributed by atoms with Crippen LogP contribution in [0.5, 0.6) is 5.75 Å². The van der Waals surface area contributed by atoms with Gasteiger partial charge in [0.25, 0.3) is 0 Å². The molecule has 0 bridgehead atoms. The zero-order valence-electron chi connectivity index (χ0n) is 10.5. The van der Waals surface area contributed by atoms with Crippen molar-refractivity contribution in [2.45, 2.75) is 20.5 Å². The number of hydrogen-bond acceptors (Lipinski definition) is 2. The summed E-state index contributed by atoms with van der Waals surface area (Å²) in [6.07, 6.45) is 0. The van der Waals surface area contributed by atoms with E-state index in [1.807, 2.05) is 0 Å². The van der Waals surface area contributed by atoms with Crippen molar-refractivity contribution in [2.75, 3.05) is 5.73 Å². The molecule has 0 aliphatic heterocycles. The molecule has 2 aromatic rings. The van der Waals surface area contributed by atoms with E-state index in [1.165, 1.54) is 16.7 Å². The molecule has 94 valence electrons. The summed E-state index contributed by atoms with van der Waals surface area (Å²) in [5.41, 5.74) is 9.89. The third kappa shape index (κ3) is 2.96. The highest BCUT2D eigenvalue weighted by atomic mass is 35.5. The second-order valence-electron chi connectivity index (χ2n) is 4.41. The van der Waals surface area contributed by atoms with Crippen LogP contribution in [-0.2, 0) is 6.61 Å². The zero-order chi connectivity index (χ0) is 13.1. The minimum Gasteiger partial charge on any atom is -0.487 e. The first-order chi connectivity index (χ1) is 8.56. The molecule has 0 heterocycles. The Balaban J connectivity index is 2.13. The molecule has 0 saturated heterocycles. The smallest absolute Gasteiger partial charge is 0.138 e. The maximum Gasteiger partial charge on any atom is 0.138 e. The third-order valence-corrected chi connectivity index (χ3v) is 3.14. The fourth-order valence-electron chi connectivity index (χ4n) is 1.75. The number of rotatable bonds is 3. The Morgan fingerprint density at radius 2 is 1.89 bits per heavy atom. The monoisotopic (exact) mass is 261 g/mol. The van der Waals surface area contributed by atoms with Crippen LogP contribution in [0, 0.1) is 13.8 Å². The summed E-state index contributed by atoms with van der Waals surface area (Å²) < 4.78 is 5.73. The van der Waals surface area contributed by atoms with Gasteiger partial charge in [-0.2, -0.15) is 0 Å². The molecule has 0 aliphatic carbocycles. The van der Waals surface area contributed by atoms with Crippen molar-refractivity contribution in [3.63, 3.8) is 0 Å². The standard InChI is InChI=1S/C15H16ClNO/c1-10-3-4-11(2)12(7-10)9-18-15-6-5-13(17)8-14(15)16/h3-8H,9,17H2,1-2H3. The van der Waals surface area contributed by atoms with Crippen LogP contribution in [0.4, 0.5) is 5.69 Å². The van der Waals surface area contributed by atoms with Crippen molar-refractivity contribution >= 4 is 17.3 Å². The summed E-state index contributed by atoms with van der Waals surface area (Å²) in [5, 5.41) is 0.542. The van der Waals surface area contributed by atoms with Gasteiger partial charge >= 0.3 is 0 Å². The van der Waals surface area contributed by atoms with E-state index in [4.69, 9.17) is 22.1 Å². The third-order valence-electron chi connectivity index (χ3n) is 2.84. The largest absolute Gasteiger partial charge is 0.487 e. The lowest BCUT2D eigenvalue weighted by Crippen LogP contribution is -1.99. The highest BCUT2D eigenvalue weighted by molar-refractivity contribution is 6.32. The molecule has 2 N–H and O–H groups in total. The summed E-state index contributed by atoms with van der Waals surface area (Å²) in [4.78, 5) is 0. The van der Waals surface area contributed by atoms with Gasteiger partial charge in [-0.15, -0.1) is 0 Å². The van der Waals surface area contributed by atoms with Gasteiger partial charge < -0.3 is 10.5 Å². The summed E-state index contributed by atoms with van der Waals surface area (Å²) in [7, 11) is 0. The molecule has 0 aliphatic rings. The topological polar surface area (TPSA) is 35.2 Å². The zero-order valence-corrected chi connectivity index (χ0v) is 11.3. The van der Waals surface area contributed by atoms with E-state index in [-0.39, 0.29) is 0 Å². The second kappa shape index (κ2) is 5.32. The highest BCUT2D eigenvalue weighted by Gasteiger charge is 2.04. The van der Waals surface area contributed by atoms with Crippen molar-refractivity contribution in [3.05, 3.63) is 58.1 Å². The average Bonchev–Trinajstić information content (AvgIpc) is 2.32. The van der Waals surface area contributed by atoms with Crippen molar-refractivity contribution in [1.29, 1.82) is 0 Å². The van der Waals surface area contributed by atoms with Gasteiger partial charge in [0, 0.05) is 5.69 Å². The van der Waals surface area contributed by atoms with Gasteiger partial charge in [0.2, 0.25) is 0 Å². The van der Waals surface area contributed by atoms with Gasteiger partial charge in [0.15, 0.2) is 0 Å². The molecule has 3 heteroatoms. The molecular weight excluding hydrogens is 246 g/mol. The second-order valence-corrected chi connectivity index (χ2v) is 4.82. The van der Waals surface area contributed by atoms with Crippen molar-refractivity contribution in [2.24, 2.45) is 0 Å². The predicted molar refractivity (Wildman–Crippen MR) is 76.1 cm³/mol. The van der Waals surface area contributed by atoms with E-state index < -0.39 is 0 Å². The van der Waals surface area contributed by atoms with Crippen LogP contribution in [0.25, 0.3) is 0 Å². The Morgan fingerprint density at radius 3 is 2.61 bits per heavy atom. The summed E-state index contributed by atoms with van der Waals surface area (Å²) >= 11 is 6.06. The quantitative estimate of drug-likeness (QED) is 0.844. The van der Waals surface area contributed by atoms with E-state index in [0.717, 1.165) is 0 Å². The van der Waals surface area contributed by atoms with E-state index >= 15 is 0 Å². The fraction of sp³-hybridized carbons (Fsp3) is 0.200. The van der Waals surface area contributed by atoms with Crippen LogP contribution < -0.4 is 10.5 Å². The van der Waals surface area contributed by atoms with Gasteiger partial charge in [-0.1, -0.05) is 35.4 Å². The average molecular weight is 262 g/mol. The number of anilines is 1. The first kappa shape index (κ1) is 12.8. The molecule has 2 aromatic carbocycles. The molecule has 0 fully saturated rings. The molecule has 0 spiro atoms. The normalized spacial score (nSPS) is 10.4. The number of aryl methyl sites for hydroxylation is 2. The maximum absolute atomic E-state index is 6.06. The molecule has 0 atom stereocenters. The summed E-state index contributed by atoms with van der Waals surface area (Å²) in [5.74, 6) is 0.659. The van der Waals surface area contributed by atoms with Crippen LogP contribution >= 0.6 is 11.6 Å². The molecule has 0 radical (unpaired) electrons. The summed E-state index contributed by atoms with van der Waals surface area (Å²) in [6, 6.07) is 11.6. The predicted octanol–water partition coefficient (Wildman–Crippen LogP) is 4.12. The van der Waals surface area contributed by atoms with Crippen LogP contribution in [0.2, 0.25) is 5.02 Å². The van der Waals surface area contributed by atoms with E-state index in [1.54, 1.807) is 18.2 Å². The minimum atomic E-state index is 0.511. The van der Waals surface area contributed by atoms with E-state index in [9.17, 15) is 0 Å². The fourth-order valence-corrected chi connectivity index (χ4v) is 1.99. The number of benzene rings is 2. The first-order valence-electron chi connectivity index (χ1n) is 5.80. The Kier molecular flexibility index (Phi) is 3.78. The summed E-state index contributed by atoms with van der Waals surface area (Å²) in [6.45, 7) is 4.65. The molecular formula is C15H16ClNO. The number of hydrogen-bond donors (Lipinski definition) is 1. The van der Waals surface area contributed by atoms with Crippen LogP contribution in [0.15, 0.2) is 36.4 Å². The molecule has 0 unspecified atom stereocenters. The molecule has 0 amide bonds. The van der Waals surface area contributed by atoms with Crippen LogP contribution in [0.3, 0.4) is 0 Å². The Labute approximate surface area is 112 Å². The number of halogens is 1. The number of nitrogens with two attached hydrogens (primary N) is 1. The number of ether oxygens (including phenoxy) is 1. The van der Waals surface area contributed by atoms with Crippen molar-refractivity contribution in [1.82, 2.24) is 0 Å². The Hall–Kier alpha value is -1.67. The Morgan fingerprint density at radius 1 is 1.11 bits per heavy atom. The number of nitrogen functional groups attached to an aromatic ring is 1. The molecule has 2 rings (SSSR count). The lowest BCUT2D eigenvalue weighted by Gasteiger charge is -2.11. The van der Waals surface area contributed by atoms with Gasteiger partial charge in [-0.3, -0.25) is 0 Å². The molecule has 0 aromatic heterocycles. The van der Waals surface area contributed by atoms with Crippen LogP contribution in [0.1, 0.15) is 16.7 Å². The van der Waals surface area contributed by atoms with Gasteiger partial charge in [-0.25, -0.2) is 0 Å². The van der Waals surface area contributed by atoms with E-state index in [0.29, 0.717) is 23.1 Å². The minimum absolute atomic E-state index is 0.511.